The Morgan fingerprint density at radius 1 is 1.26 bits per heavy atom. The molecule has 0 aliphatic rings. The van der Waals surface area contributed by atoms with Gasteiger partial charge in [-0.15, -0.1) is 15.2 Å². The minimum Gasteiger partial charge on any atom is -0.382 e. The van der Waals surface area contributed by atoms with Crippen LogP contribution in [0.15, 0.2) is 52.7 Å². The second-order valence-corrected chi connectivity index (χ2v) is 9.15. The molecule has 1 atom stereocenters. The molecule has 3 rings (SSSR count). The Morgan fingerprint density at radius 3 is 2.63 bits per heavy atom. The van der Waals surface area contributed by atoms with Crippen molar-refractivity contribution in [2.75, 3.05) is 3.82 Å². The molecular formula is C17H13Cl2FN2O3S2. The molecule has 0 amide bonds. The van der Waals surface area contributed by atoms with Gasteiger partial charge in [-0.3, -0.25) is 0 Å². The zero-order valence-electron chi connectivity index (χ0n) is 13.8. The van der Waals surface area contributed by atoms with E-state index in [4.69, 9.17) is 23.4 Å². The fourth-order valence-corrected chi connectivity index (χ4v) is 5.09. The van der Waals surface area contributed by atoms with Crippen molar-refractivity contribution in [3.63, 3.8) is 0 Å². The van der Waals surface area contributed by atoms with E-state index in [0.717, 1.165) is 17.4 Å². The second-order valence-electron chi connectivity index (χ2n) is 5.62. The first-order valence-corrected chi connectivity index (χ1v) is 10.6. The number of aromatic nitrogens is 1. The molecule has 1 aromatic heterocycles. The number of benzene rings is 2. The van der Waals surface area contributed by atoms with Crippen LogP contribution < -0.4 is 3.82 Å². The average Bonchev–Trinajstić information content (AvgIpc) is 3.13. The molecular weight excluding hydrogens is 434 g/mol. The number of anilines is 1. The van der Waals surface area contributed by atoms with E-state index < -0.39 is 21.9 Å². The minimum atomic E-state index is -4.02. The maximum atomic E-state index is 13.6. The summed E-state index contributed by atoms with van der Waals surface area (Å²) < 4.78 is 39.6. The van der Waals surface area contributed by atoms with Crippen LogP contribution in [0.2, 0.25) is 5.02 Å². The predicted molar refractivity (Wildman–Crippen MR) is 104 cm³/mol. The number of aryl methyl sites for hydroxylation is 1. The Kier molecular flexibility index (Phi) is 5.73. The van der Waals surface area contributed by atoms with E-state index in [2.05, 4.69) is 4.98 Å². The Bertz CT molecular complexity index is 1090. The van der Waals surface area contributed by atoms with E-state index in [-0.39, 0.29) is 26.3 Å². The summed E-state index contributed by atoms with van der Waals surface area (Å²) in [5.41, 5.74) is 0.913. The molecule has 0 aliphatic heterocycles. The van der Waals surface area contributed by atoms with E-state index >= 15 is 0 Å². The van der Waals surface area contributed by atoms with Gasteiger partial charge in [-0.1, -0.05) is 35.9 Å². The molecule has 2 aromatic carbocycles. The number of thiazole rings is 1. The van der Waals surface area contributed by atoms with E-state index in [1.807, 2.05) is 0 Å². The molecule has 0 spiro atoms. The Morgan fingerprint density at radius 2 is 1.96 bits per heavy atom. The van der Waals surface area contributed by atoms with Crippen LogP contribution in [0.4, 0.5) is 9.52 Å². The summed E-state index contributed by atoms with van der Waals surface area (Å²) in [6.07, 6.45) is -1.26. The largest absolute Gasteiger partial charge is 0.382 e. The first-order chi connectivity index (χ1) is 12.7. The van der Waals surface area contributed by atoms with Crippen molar-refractivity contribution in [2.45, 2.75) is 17.9 Å². The van der Waals surface area contributed by atoms with Crippen molar-refractivity contribution in [3.05, 3.63) is 75.5 Å². The van der Waals surface area contributed by atoms with Gasteiger partial charge in [-0.2, -0.15) is 8.42 Å². The van der Waals surface area contributed by atoms with Crippen molar-refractivity contribution in [1.82, 2.24) is 4.98 Å². The van der Waals surface area contributed by atoms with E-state index in [1.54, 1.807) is 25.1 Å². The fraction of sp³-hybridized carbons (Fsp3) is 0.118. The molecule has 0 saturated carbocycles. The van der Waals surface area contributed by atoms with Gasteiger partial charge in [0.2, 0.25) is 5.13 Å². The number of rotatable bonds is 5. The standard InChI is InChI=1S/C17H13Cl2FN2O3S2/c1-10-4-2-3-5-15(10)27(24,25)22(19)17-21-14(9-26-17)16(23)11-6-7-12(18)13(20)8-11/h2-9,16,23H,1H3. The van der Waals surface area contributed by atoms with Crippen LogP contribution in [0.3, 0.4) is 0 Å². The average molecular weight is 447 g/mol. The van der Waals surface area contributed by atoms with Gasteiger partial charge in [0.15, 0.2) is 0 Å². The lowest BCUT2D eigenvalue weighted by Gasteiger charge is -2.14. The summed E-state index contributed by atoms with van der Waals surface area (Å²) in [7, 11) is -4.02. The maximum Gasteiger partial charge on any atom is 0.280 e. The van der Waals surface area contributed by atoms with E-state index in [9.17, 15) is 17.9 Å². The number of hydrogen-bond donors (Lipinski definition) is 1. The fourth-order valence-electron chi connectivity index (χ4n) is 2.37. The van der Waals surface area contributed by atoms with Gasteiger partial charge >= 0.3 is 0 Å². The van der Waals surface area contributed by atoms with Crippen LogP contribution in [0, 0.1) is 12.7 Å². The molecule has 0 fully saturated rings. The molecule has 10 heteroatoms. The SMILES string of the molecule is Cc1ccccc1S(=O)(=O)N(Cl)c1nc(C(O)c2ccc(Cl)c(F)c2)cs1. The summed E-state index contributed by atoms with van der Waals surface area (Å²) >= 11 is 12.6. The second kappa shape index (κ2) is 7.73. The molecule has 27 heavy (non-hydrogen) atoms. The lowest BCUT2D eigenvalue weighted by atomic mass is 10.1. The third-order valence-corrected chi connectivity index (χ3v) is 7.46. The molecule has 5 nitrogen and oxygen atoms in total. The zero-order chi connectivity index (χ0) is 19.8. The van der Waals surface area contributed by atoms with Crippen LogP contribution in [-0.4, -0.2) is 18.5 Å². The number of aliphatic hydroxyl groups is 1. The first kappa shape index (κ1) is 20.0. The number of aliphatic hydroxyl groups excluding tert-OH is 1. The van der Waals surface area contributed by atoms with Gasteiger partial charge in [-0.05, 0) is 36.2 Å². The molecule has 1 unspecified atom stereocenters. The quantitative estimate of drug-likeness (QED) is 0.577. The third kappa shape index (κ3) is 3.95. The lowest BCUT2D eigenvalue weighted by molar-refractivity contribution is 0.215. The predicted octanol–water partition coefficient (Wildman–Crippen LogP) is 4.67. The monoisotopic (exact) mass is 446 g/mol. The number of hydrogen-bond acceptors (Lipinski definition) is 5. The highest BCUT2D eigenvalue weighted by Gasteiger charge is 2.28. The lowest BCUT2D eigenvalue weighted by Crippen LogP contribution is -2.22. The van der Waals surface area contributed by atoms with Crippen LogP contribution in [0.1, 0.15) is 22.9 Å². The molecule has 0 aliphatic carbocycles. The van der Waals surface area contributed by atoms with Gasteiger partial charge in [0, 0.05) is 17.2 Å². The molecule has 1 heterocycles. The molecule has 0 saturated heterocycles. The van der Waals surface area contributed by atoms with Crippen LogP contribution in [0.25, 0.3) is 0 Å². The van der Waals surface area contributed by atoms with Gasteiger partial charge in [0.25, 0.3) is 10.0 Å². The molecule has 1 N–H and O–H groups in total. The van der Waals surface area contributed by atoms with Crippen LogP contribution >= 0.6 is 34.7 Å². The molecule has 3 aromatic rings. The normalized spacial score (nSPS) is 12.8. The van der Waals surface area contributed by atoms with Crippen molar-refractivity contribution in [2.24, 2.45) is 0 Å². The van der Waals surface area contributed by atoms with Gasteiger partial charge in [-0.25, -0.2) is 9.37 Å². The summed E-state index contributed by atoms with van der Waals surface area (Å²) in [6, 6.07) is 10.3. The van der Waals surface area contributed by atoms with Crippen molar-refractivity contribution in [1.29, 1.82) is 0 Å². The first-order valence-electron chi connectivity index (χ1n) is 7.57. The van der Waals surface area contributed by atoms with Crippen molar-refractivity contribution in [3.8, 4) is 0 Å². The highest BCUT2D eigenvalue weighted by molar-refractivity contribution is 7.94. The highest BCUT2D eigenvalue weighted by atomic mass is 35.5. The number of nitrogens with zero attached hydrogens (tertiary/aromatic N) is 2. The molecule has 142 valence electrons. The maximum absolute atomic E-state index is 13.6. The van der Waals surface area contributed by atoms with Gasteiger partial charge < -0.3 is 5.11 Å². The van der Waals surface area contributed by atoms with Crippen molar-refractivity contribution >= 4 is 49.9 Å². The Hall–Kier alpha value is -1.71. The minimum absolute atomic E-state index is 0.0385. The van der Waals surface area contributed by atoms with Gasteiger partial charge in [0.05, 0.1) is 15.6 Å². The highest BCUT2D eigenvalue weighted by Crippen LogP contribution is 2.33. The summed E-state index contributed by atoms with van der Waals surface area (Å²) in [4.78, 5) is 4.14. The number of halogens is 3. The number of sulfonamides is 1. The van der Waals surface area contributed by atoms with Crippen LogP contribution in [-0.2, 0) is 10.0 Å². The third-order valence-electron chi connectivity index (χ3n) is 3.78. The summed E-state index contributed by atoms with van der Waals surface area (Å²) in [5.74, 6) is -0.676. The topological polar surface area (TPSA) is 70.5 Å². The Balaban J connectivity index is 1.90. The van der Waals surface area contributed by atoms with E-state index in [1.165, 1.54) is 23.6 Å². The van der Waals surface area contributed by atoms with Crippen molar-refractivity contribution < 1.29 is 17.9 Å². The summed E-state index contributed by atoms with van der Waals surface area (Å²) in [5, 5.41) is 11.7. The summed E-state index contributed by atoms with van der Waals surface area (Å²) in [6.45, 7) is 1.66. The smallest absolute Gasteiger partial charge is 0.280 e. The van der Waals surface area contributed by atoms with Gasteiger partial charge in [0.1, 0.15) is 11.9 Å². The van der Waals surface area contributed by atoms with Crippen LogP contribution in [0.5, 0.6) is 0 Å². The van der Waals surface area contributed by atoms with E-state index in [0.29, 0.717) is 9.39 Å². The Labute approximate surface area is 169 Å². The zero-order valence-corrected chi connectivity index (χ0v) is 16.9. The molecule has 0 radical (unpaired) electrons. The molecule has 0 bridgehead atoms.